The lowest BCUT2D eigenvalue weighted by molar-refractivity contribution is 0.164. The molecule has 1 atom stereocenters. The normalized spacial score (nSPS) is 12.4. The minimum absolute atomic E-state index is 0.260. The van der Waals surface area contributed by atoms with Crippen LogP contribution in [-0.4, -0.2) is 5.11 Å². The number of aliphatic hydroxyl groups is 1. The molecule has 0 fully saturated rings. The molecule has 0 saturated carbocycles. The van der Waals surface area contributed by atoms with Crippen LogP contribution in [0.1, 0.15) is 30.1 Å². The highest BCUT2D eigenvalue weighted by Crippen LogP contribution is 2.25. The molecule has 2 rings (SSSR count). The van der Waals surface area contributed by atoms with E-state index in [1.807, 2.05) is 18.2 Å². The molecule has 19 heavy (non-hydrogen) atoms. The van der Waals surface area contributed by atoms with Crippen molar-refractivity contribution in [2.75, 3.05) is 0 Å². The Balaban J connectivity index is 1.89. The van der Waals surface area contributed by atoms with Crippen molar-refractivity contribution >= 4 is 22.6 Å². The van der Waals surface area contributed by atoms with Gasteiger partial charge in [0.2, 0.25) is 0 Å². The van der Waals surface area contributed by atoms with E-state index in [9.17, 15) is 9.50 Å². The molecule has 100 valence electrons. The van der Waals surface area contributed by atoms with E-state index in [4.69, 9.17) is 0 Å². The van der Waals surface area contributed by atoms with Crippen LogP contribution in [-0.2, 0) is 6.42 Å². The fourth-order valence-electron chi connectivity index (χ4n) is 2.07. The highest BCUT2D eigenvalue weighted by atomic mass is 127. The molecule has 0 aliphatic heterocycles. The van der Waals surface area contributed by atoms with Crippen LogP contribution in [0.3, 0.4) is 0 Å². The second-order valence-corrected chi connectivity index (χ2v) is 5.72. The lowest BCUT2D eigenvalue weighted by Crippen LogP contribution is -2.01. The van der Waals surface area contributed by atoms with Gasteiger partial charge in [-0.2, -0.15) is 0 Å². The average molecular weight is 370 g/mol. The summed E-state index contributed by atoms with van der Waals surface area (Å²) in [5.74, 6) is -0.260. The number of aliphatic hydroxyl groups excluding tert-OH is 1. The summed E-state index contributed by atoms with van der Waals surface area (Å²) in [7, 11) is 0. The smallest absolute Gasteiger partial charge is 0.124 e. The quantitative estimate of drug-likeness (QED) is 0.770. The molecule has 0 radical (unpaired) electrons. The number of benzene rings is 2. The van der Waals surface area contributed by atoms with Crippen LogP contribution in [0.15, 0.2) is 48.5 Å². The minimum Gasteiger partial charge on any atom is -0.388 e. The van der Waals surface area contributed by atoms with Crippen molar-refractivity contribution in [3.8, 4) is 0 Å². The first-order valence-electron chi connectivity index (χ1n) is 6.34. The van der Waals surface area contributed by atoms with Gasteiger partial charge < -0.3 is 5.11 Å². The molecule has 1 nitrogen and oxygen atoms in total. The number of aryl methyl sites for hydroxylation is 1. The van der Waals surface area contributed by atoms with Gasteiger partial charge in [0, 0.05) is 3.57 Å². The molecule has 0 aliphatic carbocycles. The first-order valence-corrected chi connectivity index (χ1v) is 7.41. The van der Waals surface area contributed by atoms with Gasteiger partial charge in [0.15, 0.2) is 0 Å². The predicted molar refractivity (Wildman–Crippen MR) is 83.5 cm³/mol. The zero-order valence-electron chi connectivity index (χ0n) is 10.5. The summed E-state index contributed by atoms with van der Waals surface area (Å²) in [4.78, 5) is 0. The SMILES string of the molecule is OC(CCCc1ccccc1)c1ccc(F)cc1I. The second kappa shape index (κ2) is 7.01. The maximum absolute atomic E-state index is 13.0. The summed E-state index contributed by atoms with van der Waals surface area (Å²) >= 11 is 2.06. The zero-order chi connectivity index (χ0) is 13.7. The molecular weight excluding hydrogens is 354 g/mol. The molecule has 0 aromatic heterocycles. The Bertz CT molecular complexity index is 528. The van der Waals surface area contributed by atoms with Crippen molar-refractivity contribution in [2.24, 2.45) is 0 Å². The lowest BCUT2D eigenvalue weighted by Gasteiger charge is -2.13. The van der Waals surface area contributed by atoms with E-state index in [0.717, 1.165) is 22.0 Å². The maximum Gasteiger partial charge on any atom is 0.124 e. The summed E-state index contributed by atoms with van der Waals surface area (Å²) in [5.41, 5.74) is 2.10. The van der Waals surface area contributed by atoms with E-state index in [-0.39, 0.29) is 5.82 Å². The molecule has 2 aromatic carbocycles. The van der Waals surface area contributed by atoms with Gasteiger partial charge in [-0.1, -0.05) is 36.4 Å². The van der Waals surface area contributed by atoms with Crippen molar-refractivity contribution in [1.82, 2.24) is 0 Å². The Morgan fingerprint density at radius 1 is 1.11 bits per heavy atom. The van der Waals surface area contributed by atoms with Gasteiger partial charge in [0.25, 0.3) is 0 Å². The Morgan fingerprint density at radius 2 is 1.84 bits per heavy atom. The van der Waals surface area contributed by atoms with E-state index in [0.29, 0.717) is 6.42 Å². The van der Waals surface area contributed by atoms with Crippen LogP contribution in [0.5, 0.6) is 0 Å². The van der Waals surface area contributed by atoms with Crippen LogP contribution in [0.25, 0.3) is 0 Å². The maximum atomic E-state index is 13.0. The first-order chi connectivity index (χ1) is 9.16. The van der Waals surface area contributed by atoms with Crippen LogP contribution >= 0.6 is 22.6 Å². The number of hydrogen-bond acceptors (Lipinski definition) is 1. The molecule has 1 unspecified atom stereocenters. The monoisotopic (exact) mass is 370 g/mol. The summed E-state index contributed by atoms with van der Waals surface area (Å²) in [6.45, 7) is 0. The van der Waals surface area contributed by atoms with Crippen molar-refractivity contribution in [3.63, 3.8) is 0 Å². The topological polar surface area (TPSA) is 20.2 Å². The van der Waals surface area contributed by atoms with Crippen molar-refractivity contribution < 1.29 is 9.50 Å². The van der Waals surface area contributed by atoms with Gasteiger partial charge >= 0.3 is 0 Å². The van der Waals surface area contributed by atoms with E-state index in [2.05, 4.69) is 34.7 Å². The molecular formula is C16H16FIO. The van der Waals surface area contributed by atoms with Gasteiger partial charge in [0.05, 0.1) is 6.10 Å². The third-order valence-corrected chi connectivity index (χ3v) is 4.04. The van der Waals surface area contributed by atoms with E-state index in [1.54, 1.807) is 6.07 Å². The molecule has 2 aromatic rings. The third kappa shape index (κ3) is 4.28. The molecule has 0 aliphatic rings. The Labute approximate surface area is 126 Å². The minimum atomic E-state index is -0.517. The summed E-state index contributed by atoms with van der Waals surface area (Å²) < 4.78 is 13.8. The summed E-state index contributed by atoms with van der Waals surface area (Å²) in [6, 6.07) is 14.8. The Morgan fingerprint density at radius 3 is 2.53 bits per heavy atom. The molecule has 0 saturated heterocycles. The molecule has 0 bridgehead atoms. The zero-order valence-corrected chi connectivity index (χ0v) is 12.7. The largest absolute Gasteiger partial charge is 0.388 e. The van der Waals surface area contributed by atoms with Gasteiger partial charge in [-0.05, 0) is 65.1 Å². The fourth-order valence-corrected chi connectivity index (χ4v) is 2.91. The van der Waals surface area contributed by atoms with Crippen LogP contribution < -0.4 is 0 Å². The molecule has 0 heterocycles. The highest BCUT2D eigenvalue weighted by molar-refractivity contribution is 14.1. The Kier molecular flexibility index (Phi) is 5.34. The third-order valence-electron chi connectivity index (χ3n) is 3.11. The highest BCUT2D eigenvalue weighted by Gasteiger charge is 2.11. The van der Waals surface area contributed by atoms with Gasteiger partial charge in [-0.3, -0.25) is 0 Å². The predicted octanol–water partition coefficient (Wildman–Crippen LogP) is 4.49. The lowest BCUT2D eigenvalue weighted by atomic mass is 10.0. The molecule has 3 heteroatoms. The Hall–Kier alpha value is -0.940. The molecule has 0 spiro atoms. The van der Waals surface area contributed by atoms with Crippen LogP contribution in [0.4, 0.5) is 4.39 Å². The van der Waals surface area contributed by atoms with Gasteiger partial charge in [0.1, 0.15) is 5.82 Å². The molecule has 1 N–H and O–H groups in total. The van der Waals surface area contributed by atoms with Crippen molar-refractivity contribution in [3.05, 3.63) is 69.0 Å². The van der Waals surface area contributed by atoms with Crippen molar-refractivity contribution in [2.45, 2.75) is 25.4 Å². The average Bonchev–Trinajstić information content (AvgIpc) is 2.39. The van der Waals surface area contributed by atoms with Crippen molar-refractivity contribution in [1.29, 1.82) is 0 Å². The fraction of sp³-hybridized carbons (Fsp3) is 0.250. The standard InChI is InChI=1S/C16H16FIO/c17-13-9-10-14(15(18)11-13)16(19)8-4-7-12-5-2-1-3-6-12/h1-3,5-6,9-11,16,19H,4,7-8H2. The summed E-state index contributed by atoms with van der Waals surface area (Å²) in [5, 5.41) is 10.1. The first kappa shape index (κ1) is 14.5. The van der Waals surface area contributed by atoms with E-state index in [1.165, 1.54) is 17.7 Å². The van der Waals surface area contributed by atoms with E-state index < -0.39 is 6.10 Å². The number of halogens is 2. The van der Waals surface area contributed by atoms with Gasteiger partial charge in [-0.25, -0.2) is 4.39 Å². The molecule has 0 amide bonds. The van der Waals surface area contributed by atoms with Gasteiger partial charge in [-0.15, -0.1) is 0 Å². The van der Waals surface area contributed by atoms with Crippen LogP contribution in [0, 0.1) is 9.39 Å². The van der Waals surface area contributed by atoms with Crippen LogP contribution in [0.2, 0.25) is 0 Å². The summed E-state index contributed by atoms with van der Waals surface area (Å²) in [6.07, 6.45) is 2.04. The number of hydrogen-bond donors (Lipinski definition) is 1. The second-order valence-electron chi connectivity index (χ2n) is 4.56. The van der Waals surface area contributed by atoms with E-state index >= 15 is 0 Å². The number of rotatable bonds is 5.